The standard InChI is InChI=1S/C63H116O6/c1-4-7-10-13-16-19-22-25-27-28-29-30-31-32-33-34-36-38-41-44-47-50-53-56-62(65)68-59-60(58-67-61(64)55-52-49-46-43-40-37-24-21-18-15-12-9-6-3)69-63(66)57-54-51-48-45-42-39-35-26-23-20-17-14-11-8-5-2/h12,15,21,24,26,35,60H,4-11,13-14,16-20,22-23,25,27-34,36-59H2,1-3H3/b15-12-,24-21-,35-26-. The normalized spacial score (nSPS) is 12.2. The molecule has 0 fully saturated rings. The van der Waals surface area contributed by atoms with Gasteiger partial charge in [0.1, 0.15) is 13.2 Å². The van der Waals surface area contributed by atoms with Crippen LogP contribution in [0.3, 0.4) is 0 Å². The summed E-state index contributed by atoms with van der Waals surface area (Å²) in [7, 11) is 0. The fourth-order valence-corrected chi connectivity index (χ4v) is 9.01. The Bertz CT molecular complexity index is 1160. The molecule has 0 spiro atoms. The van der Waals surface area contributed by atoms with Gasteiger partial charge in [-0.25, -0.2) is 0 Å². The number of carbonyl (C=O) groups is 3. The molecule has 0 rings (SSSR count). The van der Waals surface area contributed by atoms with Crippen LogP contribution in [0.5, 0.6) is 0 Å². The van der Waals surface area contributed by atoms with Crippen LogP contribution in [0.2, 0.25) is 0 Å². The summed E-state index contributed by atoms with van der Waals surface area (Å²) in [5.74, 6) is -0.881. The Hall–Kier alpha value is -2.37. The highest BCUT2D eigenvalue weighted by Crippen LogP contribution is 2.17. The average molecular weight is 970 g/mol. The van der Waals surface area contributed by atoms with Crippen molar-refractivity contribution in [2.45, 2.75) is 335 Å². The molecule has 0 aliphatic carbocycles. The van der Waals surface area contributed by atoms with Crippen LogP contribution in [-0.4, -0.2) is 37.2 Å². The molecule has 0 bridgehead atoms. The number of esters is 3. The maximum atomic E-state index is 12.9. The van der Waals surface area contributed by atoms with Crippen LogP contribution >= 0.6 is 0 Å². The Balaban J connectivity index is 4.26. The number of hydrogen-bond donors (Lipinski definition) is 0. The van der Waals surface area contributed by atoms with E-state index < -0.39 is 6.10 Å². The number of hydrogen-bond acceptors (Lipinski definition) is 6. The quantitative estimate of drug-likeness (QED) is 0.0261. The Morgan fingerprint density at radius 1 is 0.290 bits per heavy atom. The first-order chi connectivity index (χ1) is 34.0. The van der Waals surface area contributed by atoms with Gasteiger partial charge in [-0.1, -0.05) is 276 Å². The molecule has 0 saturated carbocycles. The minimum atomic E-state index is -0.780. The van der Waals surface area contributed by atoms with Gasteiger partial charge in [0, 0.05) is 19.3 Å². The zero-order valence-corrected chi connectivity index (χ0v) is 46.3. The number of carbonyl (C=O) groups excluding carboxylic acids is 3. The first-order valence-corrected chi connectivity index (χ1v) is 30.5. The van der Waals surface area contributed by atoms with Crippen LogP contribution in [0.15, 0.2) is 36.5 Å². The summed E-state index contributed by atoms with van der Waals surface area (Å²) >= 11 is 0. The first kappa shape index (κ1) is 66.6. The topological polar surface area (TPSA) is 78.9 Å². The predicted octanol–water partition coefficient (Wildman–Crippen LogP) is 20.4. The second-order valence-corrected chi connectivity index (χ2v) is 20.6. The molecule has 0 radical (unpaired) electrons. The van der Waals surface area contributed by atoms with Crippen LogP contribution in [0, 0.1) is 0 Å². The number of unbranched alkanes of at least 4 members (excludes halogenated alkanes) is 39. The lowest BCUT2D eigenvalue weighted by Gasteiger charge is -2.18. The Morgan fingerprint density at radius 2 is 0.551 bits per heavy atom. The van der Waals surface area contributed by atoms with Crippen molar-refractivity contribution in [2.75, 3.05) is 13.2 Å². The van der Waals surface area contributed by atoms with Crippen molar-refractivity contribution in [3.8, 4) is 0 Å². The summed E-state index contributed by atoms with van der Waals surface area (Å²) in [4.78, 5) is 38.2. The van der Waals surface area contributed by atoms with E-state index >= 15 is 0 Å². The van der Waals surface area contributed by atoms with Gasteiger partial charge in [0.05, 0.1) is 0 Å². The van der Waals surface area contributed by atoms with Crippen LogP contribution in [0.25, 0.3) is 0 Å². The zero-order chi connectivity index (χ0) is 50.0. The minimum absolute atomic E-state index is 0.0763. The van der Waals surface area contributed by atoms with E-state index in [4.69, 9.17) is 14.2 Å². The van der Waals surface area contributed by atoms with Crippen molar-refractivity contribution in [3.05, 3.63) is 36.5 Å². The molecule has 69 heavy (non-hydrogen) atoms. The SMILES string of the molecule is CCC/C=C\C/C=C\CCCCCCCC(=O)OCC(COC(=O)CCCCCCCCCCCCCCCCCCCCCCCCC)OC(=O)CCCCCCC/C=C\CCCCCCCC. The maximum absolute atomic E-state index is 12.9. The molecule has 6 heteroatoms. The summed E-state index contributed by atoms with van der Waals surface area (Å²) in [6.07, 6.45) is 70.1. The fraction of sp³-hybridized carbons (Fsp3) is 0.857. The summed E-state index contributed by atoms with van der Waals surface area (Å²) in [6, 6.07) is 0. The minimum Gasteiger partial charge on any atom is -0.462 e. The first-order valence-electron chi connectivity index (χ1n) is 30.5. The second kappa shape index (κ2) is 58.2. The Morgan fingerprint density at radius 3 is 0.870 bits per heavy atom. The number of rotatable bonds is 56. The van der Waals surface area contributed by atoms with E-state index in [1.54, 1.807) is 0 Å². The van der Waals surface area contributed by atoms with E-state index in [1.165, 1.54) is 199 Å². The van der Waals surface area contributed by atoms with Gasteiger partial charge < -0.3 is 14.2 Å². The molecule has 0 aliphatic rings. The third-order valence-electron chi connectivity index (χ3n) is 13.6. The van der Waals surface area contributed by atoms with E-state index in [9.17, 15) is 14.4 Å². The third-order valence-corrected chi connectivity index (χ3v) is 13.6. The highest BCUT2D eigenvalue weighted by molar-refractivity contribution is 5.71. The van der Waals surface area contributed by atoms with Gasteiger partial charge in [-0.3, -0.25) is 14.4 Å². The van der Waals surface area contributed by atoms with E-state index in [2.05, 4.69) is 57.2 Å². The summed E-state index contributed by atoms with van der Waals surface area (Å²) in [5.41, 5.74) is 0. The number of ether oxygens (including phenoxy) is 3. The summed E-state index contributed by atoms with van der Waals surface area (Å²) < 4.78 is 16.9. The van der Waals surface area contributed by atoms with Crippen LogP contribution in [0.4, 0.5) is 0 Å². The lowest BCUT2D eigenvalue weighted by Crippen LogP contribution is -2.30. The lowest BCUT2D eigenvalue weighted by molar-refractivity contribution is -0.167. The summed E-state index contributed by atoms with van der Waals surface area (Å²) in [6.45, 7) is 6.60. The fourth-order valence-electron chi connectivity index (χ4n) is 9.01. The molecule has 0 heterocycles. The van der Waals surface area contributed by atoms with Crippen LogP contribution < -0.4 is 0 Å². The van der Waals surface area contributed by atoms with Gasteiger partial charge in [0.15, 0.2) is 6.10 Å². The smallest absolute Gasteiger partial charge is 0.306 e. The summed E-state index contributed by atoms with van der Waals surface area (Å²) in [5, 5.41) is 0. The van der Waals surface area contributed by atoms with Gasteiger partial charge in [-0.15, -0.1) is 0 Å². The molecule has 1 unspecified atom stereocenters. The Kier molecular flexibility index (Phi) is 56.2. The van der Waals surface area contributed by atoms with Crippen molar-refractivity contribution in [1.29, 1.82) is 0 Å². The van der Waals surface area contributed by atoms with Crippen molar-refractivity contribution in [1.82, 2.24) is 0 Å². The molecule has 0 aromatic carbocycles. The molecular weight excluding hydrogens is 853 g/mol. The Labute approximate surface area is 429 Å². The monoisotopic (exact) mass is 969 g/mol. The largest absolute Gasteiger partial charge is 0.462 e. The zero-order valence-electron chi connectivity index (χ0n) is 46.3. The molecule has 0 aliphatic heterocycles. The van der Waals surface area contributed by atoms with Gasteiger partial charge in [-0.05, 0) is 70.6 Å². The molecule has 0 saturated heterocycles. The molecule has 1 atom stereocenters. The predicted molar refractivity (Wildman–Crippen MR) is 298 cm³/mol. The molecule has 404 valence electrons. The molecule has 6 nitrogen and oxygen atoms in total. The number of allylic oxidation sites excluding steroid dienone is 6. The highest BCUT2D eigenvalue weighted by atomic mass is 16.6. The lowest BCUT2D eigenvalue weighted by atomic mass is 10.0. The molecule has 0 N–H and O–H groups in total. The average Bonchev–Trinajstić information content (AvgIpc) is 3.35. The van der Waals surface area contributed by atoms with E-state index in [-0.39, 0.29) is 31.1 Å². The molecule has 0 aromatic heterocycles. The van der Waals surface area contributed by atoms with Gasteiger partial charge in [-0.2, -0.15) is 0 Å². The van der Waals surface area contributed by atoms with E-state index in [0.29, 0.717) is 19.3 Å². The van der Waals surface area contributed by atoms with Crippen LogP contribution in [0.1, 0.15) is 329 Å². The van der Waals surface area contributed by atoms with E-state index in [1.807, 2.05) is 0 Å². The van der Waals surface area contributed by atoms with Crippen molar-refractivity contribution >= 4 is 17.9 Å². The van der Waals surface area contributed by atoms with E-state index in [0.717, 1.165) is 89.9 Å². The van der Waals surface area contributed by atoms with Crippen molar-refractivity contribution in [2.24, 2.45) is 0 Å². The van der Waals surface area contributed by atoms with Gasteiger partial charge in [0.2, 0.25) is 0 Å². The molecule has 0 aromatic rings. The van der Waals surface area contributed by atoms with Crippen LogP contribution in [-0.2, 0) is 28.6 Å². The third kappa shape index (κ3) is 56.4. The van der Waals surface area contributed by atoms with Gasteiger partial charge in [0.25, 0.3) is 0 Å². The van der Waals surface area contributed by atoms with Crippen molar-refractivity contribution < 1.29 is 28.6 Å². The molecular formula is C63H116O6. The van der Waals surface area contributed by atoms with Crippen molar-refractivity contribution in [3.63, 3.8) is 0 Å². The highest BCUT2D eigenvalue weighted by Gasteiger charge is 2.19. The second-order valence-electron chi connectivity index (χ2n) is 20.6. The molecule has 0 amide bonds. The van der Waals surface area contributed by atoms with Gasteiger partial charge >= 0.3 is 17.9 Å². The maximum Gasteiger partial charge on any atom is 0.306 e.